The number of alkyl halides is 3. The molecule has 0 heterocycles. The van der Waals surface area contributed by atoms with E-state index in [2.05, 4.69) is 5.32 Å². The number of hydrogen-bond acceptors (Lipinski definition) is 3. The van der Waals surface area contributed by atoms with Gasteiger partial charge in [-0.1, -0.05) is 13.0 Å². The lowest BCUT2D eigenvalue weighted by Gasteiger charge is -2.12. The Balaban J connectivity index is 2.89. The maximum atomic E-state index is 12.1. The van der Waals surface area contributed by atoms with Crippen LogP contribution in [0, 0.1) is 6.92 Å². The molecular formula is C13H19F3N2O2S. The van der Waals surface area contributed by atoms with E-state index < -0.39 is 22.7 Å². The first-order valence-corrected chi connectivity index (χ1v) is 8.00. The number of sulfonamides is 1. The van der Waals surface area contributed by atoms with Crippen molar-refractivity contribution < 1.29 is 21.6 Å². The predicted molar refractivity (Wildman–Crippen MR) is 74.4 cm³/mol. The van der Waals surface area contributed by atoms with Gasteiger partial charge < -0.3 is 5.32 Å². The molecule has 0 aromatic heterocycles. The van der Waals surface area contributed by atoms with E-state index in [0.29, 0.717) is 6.54 Å². The summed E-state index contributed by atoms with van der Waals surface area (Å²) in [5.41, 5.74) is 1.63. The monoisotopic (exact) mass is 324 g/mol. The van der Waals surface area contributed by atoms with E-state index in [1.54, 1.807) is 10.8 Å². The molecule has 1 aromatic carbocycles. The summed E-state index contributed by atoms with van der Waals surface area (Å²) in [6.07, 6.45) is -3.65. The third-order valence-electron chi connectivity index (χ3n) is 2.84. The van der Waals surface area contributed by atoms with Crippen molar-refractivity contribution in [3.05, 3.63) is 29.3 Å². The van der Waals surface area contributed by atoms with E-state index in [1.165, 1.54) is 12.1 Å². The Morgan fingerprint density at radius 2 is 1.90 bits per heavy atom. The smallest absolute Gasteiger partial charge is 0.313 e. The van der Waals surface area contributed by atoms with Crippen molar-refractivity contribution in [3.8, 4) is 0 Å². The summed E-state index contributed by atoms with van der Waals surface area (Å²) in [4.78, 5) is -0.161. The number of halogens is 3. The van der Waals surface area contributed by atoms with E-state index in [4.69, 9.17) is 0 Å². The third-order valence-corrected chi connectivity index (χ3v) is 4.23. The van der Waals surface area contributed by atoms with Crippen molar-refractivity contribution in [1.29, 1.82) is 0 Å². The van der Waals surface area contributed by atoms with E-state index in [0.717, 1.165) is 24.1 Å². The predicted octanol–water partition coefficient (Wildman–Crippen LogP) is 2.34. The van der Waals surface area contributed by atoms with Crippen LogP contribution in [0.1, 0.15) is 24.5 Å². The van der Waals surface area contributed by atoms with Gasteiger partial charge in [-0.15, -0.1) is 0 Å². The van der Waals surface area contributed by atoms with Crippen LogP contribution in [0.3, 0.4) is 0 Å². The minimum Gasteiger partial charge on any atom is -0.313 e. The maximum absolute atomic E-state index is 12.1. The van der Waals surface area contributed by atoms with Gasteiger partial charge in [0.2, 0.25) is 10.0 Å². The first-order valence-electron chi connectivity index (χ1n) is 6.52. The van der Waals surface area contributed by atoms with Gasteiger partial charge in [-0.2, -0.15) is 13.2 Å². The molecule has 1 rings (SSSR count). The Labute approximate surface area is 122 Å². The van der Waals surface area contributed by atoms with Gasteiger partial charge in [0, 0.05) is 6.54 Å². The molecule has 4 nitrogen and oxygen atoms in total. The topological polar surface area (TPSA) is 58.2 Å². The maximum Gasteiger partial charge on any atom is 0.402 e. The summed E-state index contributed by atoms with van der Waals surface area (Å²) < 4.78 is 61.6. The van der Waals surface area contributed by atoms with E-state index in [-0.39, 0.29) is 4.90 Å². The van der Waals surface area contributed by atoms with Crippen LogP contribution in [0.5, 0.6) is 0 Å². The molecule has 1 aromatic rings. The van der Waals surface area contributed by atoms with Gasteiger partial charge in [0.1, 0.15) is 6.54 Å². The van der Waals surface area contributed by atoms with Gasteiger partial charge in [-0.3, -0.25) is 0 Å². The fourth-order valence-electron chi connectivity index (χ4n) is 1.67. The second-order valence-corrected chi connectivity index (χ2v) is 6.47. The average Bonchev–Trinajstić information content (AvgIpc) is 2.38. The first kappa shape index (κ1) is 17.9. The van der Waals surface area contributed by atoms with Crippen LogP contribution in [0.15, 0.2) is 23.1 Å². The van der Waals surface area contributed by atoms with Gasteiger partial charge in [-0.25, -0.2) is 13.1 Å². The highest BCUT2D eigenvalue weighted by molar-refractivity contribution is 7.89. The molecule has 21 heavy (non-hydrogen) atoms. The third kappa shape index (κ3) is 6.03. The highest BCUT2D eigenvalue weighted by Crippen LogP contribution is 2.18. The lowest BCUT2D eigenvalue weighted by molar-refractivity contribution is -0.121. The standard InChI is InChI=1S/C13H19F3N2O2S/c1-3-6-17-8-11-7-12(5-4-10(11)2)21(19,20)18-9-13(14,15)16/h4-5,7,17-18H,3,6,8-9H2,1-2H3. The zero-order valence-electron chi connectivity index (χ0n) is 11.9. The lowest BCUT2D eigenvalue weighted by Crippen LogP contribution is -2.33. The second kappa shape index (κ2) is 7.24. The van der Waals surface area contributed by atoms with Crippen molar-refractivity contribution in [2.75, 3.05) is 13.1 Å². The van der Waals surface area contributed by atoms with Gasteiger partial charge in [0.25, 0.3) is 0 Å². The van der Waals surface area contributed by atoms with Gasteiger partial charge >= 0.3 is 6.18 Å². The minimum atomic E-state index is -4.58. The Kier molecular flexibility index (Phi) is 6.18. The molecule has 0 unspecified atom stereocenters. The molecule has 0 atom stereocenters. The number of rotatable bonds is 7. The molecule has 0 amide bonds. The van der Waals surface area contributed by atoms with E-state index >= 15 is 0 Å². The highest BCUT2D eigenvalue weighted by Gasteiger charge is 2.30. The molecule has 0 spiro atoms. The molecule has 0 fully saturated rings. The Hall–Kier alpha value is -1.12. The van der Waals surface area contributed by atoms with Gasteiger partial charge in [0.15, 0.2) is 0 Å². The Morgan fingerprint density at radius 1 is 1.24 bits per heavy atom. The molecule has 0 bridgehead atoms. The number of hydrogen-bond donors (Lipinski definition) is 2. The van der Waals surface area contributed by atoms with Crippen molar-refractivity contribution in [2.45, 2.75) is 37.9 Å². The quantitative estimate of drug-likeness (QED) is 0.757. The van der Waals surface area contributed by atoms with E-state index in [9.17, 15) is 21.6 Å². The minimum absolute atomic E-state index is 0.161. The number of benzene rings is 1. The van der Waals surface area contributed by atoms with E-state index in [1.807, 2.05) is 13.8 Å². The molecular weight excluding hydrogens is 305 g/mol. The summed E-state index contributed by atoms with van der Waals surface area (Å²) in [6.45, 7) is 3.50. The molecule has 0 saturated carbocycles. The molecule has 2 N–H and O–H groups in total. The summed E-state index contributed by atoms with van der Waals surface area (Å²) in [7, 11) is -4.16. The molecule has 0 radical (unpaired) electrons. The first-order chi connectivity index (χ1) is 9.65. The van der Waals surface area contributed by atoms with Crippen LogP contribution in [0.25, 0.3) is 0 Å². The molecule has 0 aliphatic carbocycles. The SMILES string of the molecule is CCCNCc1cc(S(=O)(=O)NCC(F)(F)F)ccc1C. The van der Waals surface area contributed by atoms with Crippen molar-refractivity contribution in [1.82, 2.24) is 10.0 Å². The van der Waals surface area contributed by atoms with Gasteiger partial charge in [0.05, 0.1) is 4.90 Å². The van der Waals surface area contributed by atoms with Crippen molar-refractivity contribution in [2.24, 2.45) is 0 Å². The average molecular weight is 324 g/mol. The molecule has 120 valence electrons. The largest absolute Gasteiger partial charge is 0.402 e. The van der Waals surface area contributed by atoms with Crippen LogP contribution in [-0.4, -0.2) is 27.7 Å². The van der Waals surface area contributed by atoms with Crippen molar-refractivity contribution >= 4 is 10.0 Å². The fraction of sp³-hybridized carbons (Fsp3) is 0.538. The Morgan fingerprint density at radius 3 is 2.48 bits per heavy atom. The number of aryl methyl sites for hydroxylation is 1. The number of nitrogens with one attached hydrogen (secondary N) is 2. The van der Waals surface area contributed by atoms with Crippen LogP contribution in [0.2, 0.25) is 0 Å². The zero-order chi connectivity index (χ0) is 16.1. The van der Waals surface area contributed by atoms with Crippen molar-refractivity contribution in [3.63, 3.8) is 0 Å². The fourth-order valence-corrected chi connectivity index (χ4v) is 2.73. The van der Waals surface area contributed by atoms with Crippen LogP contribution in [0.4, 0.5) is 13.2 Å². The van der Waals surface area contributed by atoms with Gasteiger partial charge in [-0.05, 0) is 43.1 Å². The molecule has 0 aliphatic rings. The Bertz CT molecular complexity index is 571. The van der Waals surface area contributed by atoms with Crippen LogP contribution in [-0.2, 0) is 16.6 Å². The van der Waals surface area contributed by atoms with Crippen LogP contribution >= 0.6 is 0 Å². The zero-order valence-corrected chi connectivity index (χ0v) is 12.7. The summed E-state index contributed by atoms with van der Waals surface area (Å²) in [5, 5.41) is 3.13. The normalized spacial score (nSPS) is 12.6. The molecule has 8 heteroatoms. The second-order valence-electron chi connectivity index (χ2n) is 4.70. The summed E-state index contributed by atoms with van der Waals surface area (Å²) in [5.74, 6) is 0. The highest BCUT2D eigenvalue weighted by atomic mass is 32.2. The van der Waals surface area contributed by atoms with Crippen LogP contribution < -0.4 is 10.0 Å². The lowest BCUT2D eigenvalue weighted by atomic mass is 10.1. The molecule has 0 aliphatic heterocycles. The summed E-state index contributed by atoms with van der Waals surface area (Å²) in [6, 6.07) is 4.29. The summed E-state index contributed by atoms with van der Waals surface area (Å²) >= 11 is 0. The molecule has 0 saturated heterocycles.